The Kier molecular flexibility index (Phi) is 5.25. The van der Waals surface area contributed by atoms with Gasteiger partial charge in [-0.05, 0) is 36.4 Å². The topological polar surface area (TPSA) is 21.3 Å². The van der Waals surface area contributed by atoms with Crippen LogP contribution >= 0.6 is 27.5 Å². The van der Waals surface area contributed by atoms with Crippen molar-refractivity contribution in [3.63, 3.8) is 0 Å². The van der Waals surface area contributed by atoms with Gasteiger partial charge in [0.2, 0.25) is 0 Å². The molecule has 2 nitrogen and oxygen atoms in total. The van der Waals surface area contributed by atoms with Crippen molar-refractivity contribution in [1.29, 1.82) is 0 Å². The summed E-state index contributed by atoms with van der Waals surface area (Å²) in [5.74, 6) is 0.690. The number of benzene rings is 2. The Morgan fingerprint density at radius 1 is 1.11 bits per heavy atom. The van der Waals surface area contributed by atoms with Crippen LogP contribution in [0.1, 0.15) is 11.1 Å². The molecule has 0 saturated heterocycles. The summed E-state index contributed by atoms with van der Waals surface area (Å²) < 4.78 is 6.68. The van der Waals surface area contributed by atoms with E-state index in [0.717, 1.165) is 16.6 Å². The average molecular weight is 341 g/mol. The predicted octanol–water partition coefficient (Wildman–Crippen LogP) is 4.40. The van der Waals surface area contributed by atoms with Gasteiger partial charge in [0.25, 0.3) is 0 Å². The van der Waals surface area contributed by atoms with Gasteiger partial charge in [-0.1, -0.05) is 51.8 Å². The summed E-state index contributed by atoms with van der Waals surface area (Å²) >= 11 is 9.48. The van der Waals surface area contributed by atoms with Crippen LogP contribution in [0, 0.1) is 0 Å². The largest absolute Gasteiger partial charge is 0.487 e. The van der Waals surface area contributed by atoms with E-state index in [1.165, 1.54) is 5.56 Å². The van der Waals surface area contributed by atoms with Crippen molar-refractivity contribution in [1.82, 2.24) is 5.32 Å². The summed E-state index contributed by atoms with van der Waals surface area (Å²) in [4.78, 5) is 0. The molecule has 4 heteroatoms. The molecule has 0 aliphatic heterocycles. The summed E-state index contributed by atoms with van der Waals surface area (Å²) in [6.45, 7) is 1.38. The van der Waals surface area contributed by atoms with E-state index in [1.807, 2.05) is 25.2 Å². The Hall–Kier alpha value is -1.03. The highest BCUT2D eigenvalue weighted by atomic mass is 79.9. The lowest BCUT2D eigenvalue weighted by Gasteiger charge is -2.09. The minimum absolute atomic E-state index is 0.510. The van der Waals surface area contributed by atoms with E-state index in [-0.39, 0.29) is 0 Å². The van der Waals surface area contributed by atoms with E-state index < -0.39 is 0 Å². The number of ether oxygens (including phenoxy) is 1. The molecular formula is C15H15BrClNO. The first kappa shape index (κ1) is 14.4. The quantitative estimate of drug-likeness (QED) is 0.871. The van der Waals surface area contributed by atoms with Crippen LogP contribution in [-0.4, -0.2) is 7.05 Å². The lowest BCUT2D eigenvalue weighted by Crippen LogP contribution is -2.05. The minimum Gasteiger partial charge on any atom is -0.487 e. The molecule has 0 aliphatic carbocycles. The van der Waals surface area contributed by atoms with Gasteiger partial charge in [-0.25, -0.2) is 0 Å². The molecule has 0 aromatic heterocycles. The van der Waals surface area contributed by atoms with Gasteiger partial charge in [0.05, 0.1) is 5.02 Å². The Morgan fingerprint density at radius 3 is 2.47 bits per heavy atom. The maximum atomic E-state index is 6.07. The monoisotopic (exact) mass is 339 g/mol. The molecule has 0 saturated carbocycles. The number of halogens is 2. The summed E-state index contributed by atoms with van der Waals surface area (Å²) in [5.41, 5.74) is 2.38. The Balaban J connectivity index is 2.00. The molecule has 0 fully saturated rings. The normalized spacial score (nSPS) is 10.5. The third-order valence-corrected chi connectivity index (χ3v) is 3.50. The molecule has 0 radical (unpaired) electrons. The van der Waals surface area contributed by atoms with Crippen molar-refractivity contribution >= 4 is 27.5 Å². The van der Waals surface area contributed by atoms with Crippen molar-refractivity contribution in [2.75, 3.05) is 7.05 Å². The second-order valence-corrected chi connectivity index (χ2v) is 5.53. The van der Waals surface area contributed by atoms with Crippen LogP contribution in [0.4, 0.5) is 0 Å². The number of hydrogen-bond acceptors (Lipinski definition) is 2. The van der Waals surface area contributed by atoms with Gasteiger partial charge in [-0.3, -0.25) is 0 Å². The number of nitrogens with one attached hydrogen (secondary N) is 1. The van der Waals surface area contributed by atoms with Gasteiger partial charge in [0.1, 0.15) is 12.4 Å². The highest BCUT2D eigenvalue weighted by Crippen LogP contribution is 2.28. The molecule has 2 rings (SSSR count). The van der Waals surface area contributed by atoms with Gasteiger partial charge >= 0.3 is 0 Å². The van der Waals surface area contributed by atoms with Crippen LogP contribution in [0.2, 0.25) is 5.02 Å². The molecule has 100 valence electrons. The number of rotatable bonds is 5. The molecule has 2 aromatic rings. The zero-order valence-corrected chi connectivity index (χ0v) is 13.0. The second-order valence-electron chi connectivity index (χ2n) is 4.21. The Bertz CT molecular complexity index is 542. The fraction of sp³-hybridized carbons (Fsp3) is 0.200. The standard InChI is InChI=1S/C15H15BrClNO/c1-18-9-11-2-4-12(5-3-11)10-19-15-8-13(16)6-7-14(15)17/h2-8,18H,9-10H2,1H3. The van der Waals surface area contributed by atoms with Crippen LogP contribution in [0.3, 0.4) is 0 Å². The molecule has 0 spiro atoms. The first-order valence-corrected chi connectivity index (χ1v) is 7.16. The van der Waals surface area contributed by atoms with Gasteiger partial charge in [-0.2, -0.15) is 0 Å². The van der Waals surface area contributed by atoms with Crippen LogP contribution in [0.25, 0.3) is 0 Å². The van der Waals surface area contributed by atoms with Crippen LogP contribution in [-0.2, 0) is 13.2 Å². The predicted molar refractivity (Wildman–Crippen MR) is 82.7 cm³/mol. The molecule has 0 atom stereocenters. The van der Waals surface area contributed by atoms with Crippen molar-refractivity contribution in [3.05, 3.63) is 63.1 Å². The van der Waals surface area contributed by atoms with E-state index in [9.17, 15) is 0 Å². The van der Waals surface area contributed by atoms with Crippen LogP contribution in [0.15, 0.2) is 46.9 Å². The maximum Gasteiger partial charge on any atom is 0.139 e. The molecular weight excluding hydrogens is 326 g/mol. The van der Waals surface area contributed by atoms with Gasteiger partial charge in [0, 0.05) is 11.0 Å². The zero-order valence-electron chi connectivity index (χ0n) is 10.6. The van der Waals surface area contributed by atoms with Crippen molar-refractivity contribution in [2.45, 2.75) is 13.2 Å². The van der Waals surface area contributed by atoms with E-state index in [2.05, 4.69) is 45.5 Å². The van der Waals surface area contributed by atoms with E-state index in [0.29, 0.717) is 17.4 Å². The van der Waals surface area contributed by atoms with Crippen LogP contribution in [0.5, 0.6) is 5.75 Å². The van der Waals surface area contributed by atoms with Crippen molar-refractivity contribution < 1.29 is 4.74 Å². The van der Waals surface area contributed by atoms with Crippen molar-refractivity contribution in [3.8, 4) is 5.75 Å². The lowest BCUT2D eigenvalue weighted by molar-refractivity contribution is 0.306. The average Bonchev–Trinajstić information content (AvgIpc) is 2.42. The number of hydrogen-bond donors (Lipinski definition) is 1. The smallest absolute Gasteiger partial charge is 0.139 e. The minimum atomic E-state index is 0.510. The first-order valence-electron chi connectivity index (χ1n) is 5.99. The maximum absolute atomic E-state index is 6.07. The molecule has 2 aromatic carbocycles. The lowest BCUT2D eigenvalue weighted by atomic mass is 10.1. The zero-order chi connectivity index (χ0) is 13.7. The molecule has 19 heavy (non-hydrogen) atoms. The van der Waals surface area contributed by atoms with Crippen molar-refractivity contribution in [2.24, 2.45) is 0 Å². The molecule has 0 bridgehead atoms. The summed E-state index contributed by atoms with van der Waals surface area (Å²) in [5, 5.41) is 3.74. The van der Waals surface area contributed by atoms with E-state index in [4.69, 9.17) is 16.3 Å². The molecule has 1 N–H and O–H groups in total. The highest BCUT2D eigenvalue weighted by Gasteiger charge is 2.03. The fourth-order valence-electron chi connectivity index (χ4n) is 1.71. The third kappa shape index (κ3) is 4.23. The Morgan fingerprint density at radius 2 is 1.79 bits per heavy atom. The molecule has 0 heterocycles. The van der Waals surface area contributed by atoms with E-state index >= 15 is 0 Å². The summed E-state index contributed by atoms with van der Waals surface area (Å²) in [7, 11) is 1.94. The van der Waals surface area contributed by atoms with Crippen LogP contribution < -0.4 is 10.1 Å². The first-order chi connectivity index (χ1) is 9.19. The summed E-state index contributed by atoms with van der Waals surface area (Å²) in [6.07, 6.45) is 0. The molecule has 0 amide bonds. The van der Waals surface area contributed by atoms with Gasteiger partial charge < -0.3 is 10.1 Å². The fourth-order valence-corrected chi connectivity index (χ4v) is 2.22. The van der Waals surface area contributed by atoms with Gasteiger partial charge in [-0.15, -0.1) is 0 Å². The SMILES string of the molecule is CNCc1ccc(COc2cc(Br)ccc2Cl)cc1. The molecule has 0 unspecified atom stereocenters. The second kappa shape index (κ2) is 6.94. The Labute approximate surface area is 126 Å². The highest BCUT2D eigenvalue weighted by molar-refractivity contribution is 9.10. The third-order valence-electron chi connectivity index (χ3n) is 2.69. The molecule has 0 aliphatic rings. The summed E-state index contributed by atoms with van der Waals surface area (Å²) in [6, 6.07) is 13.9. The van der Waals surface area contributed by atoms with Gasteiger partial charge in [0.15, 0.2) is 0 Å². The van der Waals surface area contributed by atoms with E-state index in [1.54, 1.807) is 0 Å².